The zero-order valence-corrected chi connectivity index (χ0v) is 55.1. The third-order valence-electron chi connectivity index (χ3n) is 17.0. The first-order valence-corrected chi connectivity index (χ1v) is 36.8. The van der Waals surface area contributed by atoms with Crippen LogP contribution in [0.25, 0.3) is 0 Å². The Kier molecular flexibility index (Phi) is 68.5. The van der Waals surface area contributed by atoms with E-state index in [1.807, 2.05) is 0 Å². The van der Waals surface area contributed by atoms with E-state index < -0.39 is 6.10 Å². The van der Waals surface area contributed by atoms with E-state index in [-0.39, 0.29) is 31.1 Å². The van der Waals surface area contributed by atoms with Gasteiger partial charge in [0.1, 0.15) is 13.2 Å². The predicted octanol–water partition coefficient (Wildman–Crippen LogP) is 25.3. The Labute approximate surface area is 506 Å². The van der Waals surface area contributed by atoms with Gasteiger partial charge in [-0.15, -0.1) is 0 Å². The smallest absolute Gasteiger partial charge is 0.306 e. The van der Waals surface area contributed by atoms with Crippen molar-refractivity contribution in [1.29, 1.82) is 0 Å². The summed E-state index contributed by atoms with van der Waals surface area (Å²) in [5.74, 6) is -0.848. The maximum atomic E-state index is 13.0. The molecule has 0 aliphatic carbocycles. The van der Waals surface area contributed by atoms with Crippen molar-refractivity contribution in [1.82, 2.24) is 0 Å². The first kappa shape index (κ1) is 78.9. The molecule has 0 aromatic rings. The SMILES string of the molecule is CCCCCC/C=C\C/C=C\CCCCCCCC(=O)OCC(COC(=O)CCCCCCCCCCCCCCCCCCCCCCCCCCCCCC)OC(=O)CCCCCCCCCCCCCCCCCCCCC. The minimum atomic E-state index is -0.774. The minimum absolute atomic E-state index is 0.0691. The molecule has 478 valence electrons. The Bertz CT molecular complexity index is 1310. The van der Waals surface area contributed by atoms with Gasteiger partial charge in [-0.05, 0) is 51.4 Å². The van der Waals surface area contributed by atoms with Gasteiger partial charge >= 0.3 is 17.9 Å². The Morgan fingerprint density at radius 3 is 0.691 bits per heavy atom. The maximum absolute atomic E-state index is 13.0. The molecule has 1 atom stereocenters. The summed E-state index contributed by atoms with van der Waals surface area (Å²) in [6.07, 6.45) is 86.5. The topological polar surface area (TPSA) is 78.9 Å². The number of hydrogen-bond acceptors (Lipinski definition) is 6. The van der Waals surface area contributed by atoms with Gasteiger partial charge in [-0.2, -0.15) is 0 Å². The van der Waals surface area contributed by atoms with Crippen LogP contribution in [0.5, 0.6) is 0 Å². The Hall–Kier alpha value is -2.11. The summed E-state index contributed by atoms with van der Waals surface area (Å²) in [5, 5.41) is 0. The lowest BCUT2D eigenvalue weighted by Gasteiger charge is -2.18. The highest BCUT2D eigenvalue weighted by Gasteiger charge is 2.20. The molecule has 81 heavy (non-hydrogen) atoms. The van der Waals surface area contributed by atoms with Crippen molar-refractivity contribution < 1.29 is 28.6 Å². The molecule has 1 unspecified atom stereocenters. The van der Waals surface area contributed by atoms with Crippen molar-refractivity contribution in [3.8, 4) is 0 Å². The maximum Gasteiger partial charge on any atom is 0.306 e. The monoisotopic (exact) mass is 1140 g/mol. The quantitative estimate of drug-likeness (QED) is 0.0261. The number of allylic oxidation sites excluding steroid dienone is 4. The minimum Gasteiger partial charge on any atom is -0.462 e. The van der Waals surface area contributed by atoms with Gasteiger partial charge in [0, 0.05) is 19.3 Å². The number of rotatable bonds is 69. The molecule has 0 saturated carbocycles. The van der Waals surface area contributed by atoms with E-state index in [0.29, 0.717) is 19.3 Å². The second kappa shape index (κ2) is 70.4. The van der Waals surface area contributed by atoms with E-state index in [1.165, 1.54) is 302 Å². The number of unbranched alkanes of at least 4 members (excludes halogenated alkanes) is 54. The average Bonchev–Trinajstić information content (AvgIpc) is 3.47. The Morgan fingerprint density at radius 2 is 0.444 bits per heavy atom. The predicted molar refractivity (Wildman–Crippen MR) is 353 cm³/mol. The highest BCUT2D eigenvalue weighted by Crippen LogP contribution is 2.19. The standard InChI is InChI=1S/C75H142O6/c1-4-7-10-13-16-19-22-25-28-31-33-34-35-36-37-38-39-40-41-43-44-47-50-53-56-59-62-65-68-74(77)80-71-72(70-79-73(76)67-64-61-58-55-52-49-46-30-27-24-21-18-15-12-9-6-3)81-75(78)69-66-63-60-57-54-51-48-45-42-32-29-26-23-20-17-14-11-8-5-2/h21,24,30,46,72H,4-20,22-23,25-29,31-45,47-71H2,1-3H3/b24-21-,46-30-. The van der Waals surface area contributed by atoms with E-state index in [2.05, 4.69) is 45.1 Å². The molecule has 0 radical (unpaired) electrons. The summed E-state index contributed by atoms with van der Waals surface area (Å²) < 4.78 is 17.0. The first-order chi connectivity index (χ1) is 40.0. The molecule has 0 bridgehead atoms. The van der Waals surface area contributed by atoms with Crippen LogP contribution in [0, 0.1) is 0 Å². The van der Waals surface area contributed by atoms with Crippen LogP contribution in [0.15, 0.2) is 24.3 Å². The van der Waals surface area contributed by atoms with Crippen LogP contribution in [0.3, 0.4) is 0 Å². The molecule has 0 aliphatic rings. The molecule has 6 nitrogen and oxygen atoms in total. The largest absolute Gasteiger partial charge is 0.462 e. The Balaban J connectivity index is 4.22. The zero-order chi connectivity index (χ0) is 58.5. The molecular weight excluding hydrogens is 997 g/mol. The van der Waals surface area contributed by atoms with E-state index in [0.717, 1.165) is 77.0 Å². The second-order valence-corrected chi connectivity index (χ2v) is 25.2. The van der Waals surface area contributed by atoms with Crippen LogP contribution in [0.4, 0.5) is 0 Å². The third kappa shape index (κ3) is 68.6. The lowest BCUT2D eigenvalue weighted by molar-refractivity contribution is -0.167. The zero-order valence-electron chi connectivity index (χ0n) is 55.1. The van der Waals surface area contributed by atoms with Gasteiger partial charge in [0.25, 0.3) is 0 Å². The van der Waals surface area contributed by atoms with Crippen molar-refractivity contribution >= 4 is 17.9 Å². The van der Waals surface area contributed by atoms with E-state index in [4.69, 9.17) is 14.2 Å². The van der Waals surface area contributed by atoms with Crippen LogP contribution < -0.4 is 0 Å². The van der Waals surface area contributed by atoms with Crippen molar-refractivity contribution in [2.45, 2.75) is 425 Å². The van der Waals surface area contributed by atoms with Crippen LogP contribution in [0.1, 0.15) is 419 Å². The highest BCUT2D eigenvalue weighted by molar-refractivity contribution is 5.71. The first-order valence-electron chi connectivity index (χ1n) is 36.8. The Morgan fingerprint density at radius 1 is 0.247 bits per heavy atom. The highest BCUT2D eigenvalue weighted by atomic mass is 16.6. The second-order valence-electron chi connectivity index (χ2n) is 25.2. The van der Waals surface area contributed by atoms with Crippen LogP contribution in [-0.4, -0.2) is 37.2 Å². The number of carbonyl (C=O) groups is 3. The number of esters is 3. The summed E-state index contributed by atoms with van der Waals surface area (Å²) in [6.45, 7) is 6.70. The van der Waals surface area contributed by atoms with E-state index in [9.17, 15) is 14.4 Å². The molecule has 0 fully saturated rings. The summed E-state index contributed by atoms with van der Waals surface area (Å²) in [5.41, 5.74) is 0. The fourth-order valence-electron chi connectivity index (χ4n) is 11.4. The molecule has 0 N–H and O–H groups in total. The normalized spacial score (nSPS) is 12.1. The van der Waals surface area contributed by atoms with E-state index >= 15 is 0 Å². The molecule has 0 heterocycles. The van der Waals surface area contributed by atoms with Gasteiger partial charge in [0.05, 0.1) is 0 Å². The average molecular weight is 1140 g/mol. The van der Waals surface area contributed by atoms with Crippen molar-refractivity contribution in [3.05, 3.63) is 24.3 Å². The molecule has 0 rings (SSSR count). The van der Waals surface area contributed by atoms with Crippen molar-refractivity contribution in [2.24, 2.45) is 0 Å². The van der Waals surface area contributed by atoms with Gasteiger partial charge in [-0.3, -0.25) is 14.4 Å². The lowest BCUT2D eigenvalue weighted by atomic mass is 10.0. The number of ether oxygens (including phenoxy) is 3. The molecular formula is C75H142O6. The molecule has 0 aromatic heterocycles. The van der Waals surface area contributed by atoms with Crippen LogP contribution >= 0.6 is 0 Å². The fourth-order valence-corrected chi connectivity index (χ4v) is 11.4. The number of hydrogen-bond donors (Lipinski definition) is 0. The van der Waals surface area contributed by atoms with Gasteiger partial charge in [-0.25, -0.2) is 0 Å². The van der Waals surface area contributed by atoms with Gasteiger partial charge in [-0.1, -0.05) is 373 Å². The van der Waals surface area contributed by atoms with Crippen LogP contribution in [-0.2, 0) is 28.6 Å². The van der Waals surface area contributed by atoms with Crippen molar-refractivity contribution in [2.75, 3.05) is 13.2 Å². The summed E-state index contributed by atoms with van der Waals surface area (Å²) in [4.78, 5) is 38.5. The molecule has 0 saturated heterocycles. The molecule has 0 amide bonds. The van der Waals surface area contributed by atoms with Crippen LogP contribution in [0.2, 0.25) is 0 Å². The summed E-state index contributed by atoms with van der Waals surface area (Å²) in [6, 6.07) is 0. The lowest BCUT2D eigenvalue weighted by Crippen LogP contribution is -2.30. The fraction of sp³-hybridized carbons (Fsp3) is 0.907. The van der Waals surface area contributed by atoms with Gasteiger partial charge < -0.3 is 14.2 Å². The van der Waals surface area contributed by atoms with Gasteiger partial charge in [0.2, 0.25) is 0 Å². The molecule has 0 aromatic carbocycles. The third-order valence-corrected chi connectivity index (χ3v) is 17.0. The summed E-state index contributed by atoms with van der Waals surface area (Å²) in [7, 11) is 0. The van der Waals surface area contributed by atoms with E-state index in [1.54, 1.807) is 0 Å². The van der Waals surface area contributed by atoms with Crippen molar-refractivity contribution in [3.63, 3.8) is 0 Å². The molecule has 0 aliphatic heterocycles. The van der Waals surface area contributed by atoms with Gasteiger partial charge in [0.15, 0.2) is 6.10 Å². The number of carbonyl (C=O) groups excluding carboxylic acids is 3. The molecule has 6 heteroatoms. The summed E-state index contributed by atoms with van der Waals surface area (Å²) >= 11 is 0. The molecule has 0 spiro atoms.